The highest BCUT2D eigenvalue weighted by atomic mass is 16.5. The Morgan fingerprint density at radius 2 is 1.29 bits per heavy atom. The van der Waals surface area contributed by atoms with E-state index < -0.39 is 5.41 Å². The smallest absolute Gasteiger partial charge is 0.298 e. The van der Waals surface area contributed by atoms with Crippen LogP contribution in [0.15, 0.2) is 78.9 Å². The average Bonchev–Trinajstić information content (AvgIpc) is 2.63. The summed E-state index contributed by atoms with van der Waals surface area (Å²) < 4.78 is 4.89. The first-order valence-electron chi connectivity index (χ1n) is 7.70. The molecule has 0 heterocycles. The fourth-order valence-corrected chi connectivity index (χ4v) is 2.99. The fourth-order valence-electron chi connectivity index (χ4n) is 2.99. The maximum Gasteiger partial charge on any atom is 0.298 e. The zero-order chi connectivity index (χ0) is 17.0. The van der Waals surface area contributed by atoms with Crippen molar-refractivity contribution in [2.45, 2.75) is 12.3 Å². The monoisotopic (exact) mass is 318 g/mol. The number of hydrogen-bond donors (Lipinski definition) is 1. The third-order valence-corrected chi connectivity index (χ3v) is 4.41. The molecule has 1 unspecified atom stereocenters. The molecular formula is C21H18O3. The minimum Gasteiger partial charge on any atom is -0.508 e. The molecule has 0 aliphatic heterocycles. The lowest BCUT2D eigenvalue weighted by Crippen LogP contribution is -2.25. The molecule has 0 radical (unpaired) electrons. The summed E-state index contributed by atoms with van der Waals surface area (Å²) in [6, 6.07) is 24.9. The topological polar surface area (TPSA) is 46.5 Å². The summed E-state index contributed by atoms with van der Waals surface area (Å²) in [4.78, 5) is 10.5. The van der Waals surface area contributed by atoms with Crippen molar-refractivity contribution in [3.8, 4) is 11.5 Å². The number of phenolic OH excluding ortho intramolecular Hbond substituents is 1. The molecule has 1 atom stereocenters. The van der Waals surface area contributed by atoms with Crippen molar-refractivity contribution < 1.29 is 14.6 Å². The number of phenols is 1. The van der Waals surface area contributed by atoms with E-state index in [1.807, 2.05) is 42.5 Å². The number of carbonyl (C=O) groups is 1. The van der Waals surface area contributed by atoms with E-state index in [9.17, 15) is 9.90 Å². The Morgan fingerprint density at radius 1 is 0.792 bits per heavy atom. The molecule has 3 heteroatoms. The molecule has 0 saturated carbocycles. The van der Waals surface area contributed by atoms with Gasteiger partial charge in [0.2, 0.25) is 0 Å². The summed E-state index contributed by atoms with van der Waals surface area (Å²) in [5.74, 6) is 0.749. The molecule has 1 N–H and O–H groups in total. The molecule has 3 aromatic carbocycles. The van der Waals surface area contributed by atoms with Gasteiger partial charge in [0.15, 0.2) is 0 Å². The molecule has 0 bridgehead atoms. The molecule has 0 amide bonds. The van der Waals surface area contributed by atoms with Crippen LogP contribution in [-0.4, -0.2) is 11.6 Å². The predicted octanol–water partition coefficient (Wildman–Crippen LogP) is 4.28. The van der Waals surface area contributed by atoms with E-state index in [1.165, 1.54) is 0 Å². The lowest BCUT2D eigenvalue weighted by atomic mass is 9.71. The van der Waals surface area contributed by atoms with Crippen molar-refractivity contribution in [3.63, 3.8) is 0 Å². The quantitative estimate of drug-likeness (QED) is 0.564. The van der Waals surface area contributed by atoms with Gasteiger partial charge < -0.3 is 9.84 Å². The van der Waals surface area contributed by atoms with Crippen LogP contribution in [0, 0.1) is 0 Å². The van der Waals surface area contributed by atoms with Gasteiger partial charge in [-0.2, -0.15) is 0 Å². The maximum absolute atomic E-state index is 10.5. The summed E-state index contributed by atoms with van der Waals surface area (Å²) in [6.07, 6.45) is 0. The van der Waals surface area contributed by atoms with Crippen molar-refractivity contribution in [3.05, 3.63) is 95.6 Å². The van der Waals surface area contributed by atoms with E-state index in [-0.39, 0.29) is 5.75 Å². The third-order valence-electron chi connectivity index (χ3n) is 4.41. The first kappa shape index (κ1) is 15.8. The van der Waals surface area contributed by atoms with Gasteiger partial charge in [-0.15, -0.1) is 0 Å². The van der Waals surface area contributed by atoms with Gasteiger partial charge >= 0.3 is 0 Å². The van der Waals surface area contributed by atoms with Crippen LogP contribution in [0.2, 0.25) is 0 Å². The number of hydrogen-bond acceptors (Lipinski definition) is 3. The fraction of sp³-hybridized carbons (Fsp3) is 0.0952. The molecule has 120 valence electrons. The van der Waals surface area contributed by atoms with Gasteiger partial charge in [0.1, 0.15) is 11.5 Å². The van der Waals surface area contributed by atoms with E-state index in [4.69, 9.17) is 4.74 Å². The minimum absolute atomic E-state index is 0.240. The van der Waals surface area contributed by atoms with Gasteiger partial charge in [-0.1, -0.05) is 54.6 Å². The Kier molecular flexibility index (Phi) is 4.34. The van der Waals surface area contributed by atoms with Gasteiger partial charge in [0.05, 0.1) is 0 Å². The zero-order valence-electron chi connectivity index (χ0n) is 13.3. The summed E-state index contributed by atoms with van der Waals surface area (Å²) in [5.41, 5.74) is 2.88. The Hall–Kier alpha value is -3.07. The van der Waals surface area contributed by atoms with Crippen molar-refractivity contribution in [2.24, 2.45) is 0 Å². The Balaban J connectivity index is 2.15. The van der Waals surface area contributed by atoms with E-state index in [1.54, 1.807) is 24.3 Å². The van der Waals surface area contributed by atoms with E-state index in [0.717, 1.165) is 16.7 Å². The summed E-state index contributed by atoms with van der Waals surface area (Å²) in [7, 11) is 0. The Morgan fingerprint density at radius 3 is 1.83 bits per heavy atom. The molecule has 3 rings (SSSR count). The molecule has 0 saturated heterocycles. The molecule has 3 aromatic rings. The van der Waals surface area contributed by atoms with Crippen LogP contribution in [0.4, 0.5) is 0 Å². The van der Waals surface area contributed by atoms with Gasteiger partial charge in [-0.05, 0) is 47.9 Å². The molecule has 0 spiro atoms. The first-order valence-corrected chi connectivity index (χ1v) is 7.70. The molecule has 24 heavy (non-hydrogen) atoms. The highest BCUT2D eigenvalue weighted by Crippen LogP contribution is 2.39. The number of ether oxygens (including phenoxy) is 1. The minimum atomic E-state index is -0.394. The summed E-state index contributed by atoms with van der Waals surface area (Å²) in [6.45, 7) is 2.57. The van der Waals surface area contributed by atoms with Crippen molar-refractivity contribution in [2.75, 3.05) is 0 Å². The molecule has 0 fully saturated rings. The zero-order valence-corrected chi connectivity index (χ0v) is 13.3. The van der Waals surface area contributed by atoms with Crippen molar-refractivity contribution >= 4 is 6.47 Å². The highest BCUT2D eigenvalue weighted by Gasteiger charge is 2.31. The molecule has 3 nitrogen and oxygen atoms in total. The largest absolute Gasteiger partial charge is 0.508 e. The van der Waals surface area contributed by atoms with Crippen LogP contribution >= 0.6 is 0 Å². The predicted molar refractivity (Wildman–Crippen MR) is 93.2 cm³/mol. The number of benzene rings is 3. The summed E-state index contributed by atoms with van der Waals surface area (Å²) >= 11 is 0. The van der Waals surface area contributed by atoms with E-state index in [2.05, 4.69) is 19.1 Å². The number of carbonyl (C=O) groups excluding carboxylic acids is 1. The molecule has 0 aromatic heterocycles. The molecule has 0 aliphatic rings. The number of rotatable bonds is 5. The molecule has 0 aliphatic carbocycles. The normalized spacial score (nSPS) is 13.0. The first-order chi connectivity index (χ1) is 11.6. The Labute approximate surface area is 141 Å². The maximum atomic E-state index is 10.5. The van der Waals surface area contributed by atoms with E-state index >= 15 is 0 Å². The summed E-state index contributed by atoms with van der Waals surface area (Å²) in [5, 5.41) is 9.61. The highest BCUT2D eigenvalue weighted by molar-refractivity contribution is 5.52. The van der Waals surface area contributed by atoms with Gasteiger partial charge in [-0.25, -0.2) is 0 Å². The van der Waals surface area contributed by atoms with Gasteiger partial charge in [0, 0.05) is 5.41 Å². The van der Waals surface area contributed by atoms with Crippen LogP contribution in [0.25, 0.3) is 0 Å². The lowest BCUT2D eigenvalue weighted by molar-refractivity contribution is -0.120. The van der Waals surface area contributed by atoms with Crippen molar-refractivity contribution in [1.29, 1.82) is 0 Å². The van der Waals surface area contributed by atoms with Crippen LogP contribution in [0.5, 0.6) is 11.5 Å². The Bertz CT molecular complexity index is 808. The van der Waals surface area contributed by atoms with Crippen LogP contribution in [0.3, 0.4) is 0 Å². The third kappa shape index (κ3) is 2.88. The number of aromatic hydroxyl groups is 1. The van der Waals surface area contributed by atoms with Gasteiger partial charge in [0.25, 0.3) is 6.47 Å². The lowest BCUT2D eigenvalue weighted by Gasteiger charge is -2.32. The second-order valence-corrected chi connectivity index (χ2v) is 5.78. The second kappa shape index (κ2) is 6.59. The van der Waals surface area contributed by atoms with Crippen molar-refractivity contribution in [1.82, 2.24) is 0 Å². The van der Waals surface area contributed by atoms with E-state index in [0.29, 0.717) is 12.2 Å². The van der Waals surface area contributed by atoms with Crippen LogP contribution in [-0.2, 0) is 10.2 Å². The molecular weight excluding hydrogens is 300 g/mol. The van der Waals surface area contributed by atoms with Gasteiger partial charge in [-0.3, -0.25) is 4.79 Å². The van der Waals surface area contributed by atoms with Crippen LogP contribution in [0.1, 0.15) is 23.6 Å². The average molecular weight is 318 g/mol. The SMILES string of the molecule is CC(c1ccccc1)(c1ccc(O)cc1)c1ccc(OC=O)cc1. The van der Waals surface area contributed by atoms with Crippen LogP contribution < -0.4 is 4.74 Å². The standard InChI is InChI=1S/C21H18O3/c1-21(16-5-3-2-4-6-16,17-7-11-19(23)12-8-17)18-9-13-20(14-10-18)24-15-22/h2-15,23H,1H3. The second-order valence-electron chi connectivity index (χ2n) is 5.78.